The Kier molecular flexibility index (Phi) is 8.30. The van der Waals surface area contributed by atoms with Gasteiger partial charge >= 0.3 is 5.97 Å². The molecule has 0 aliphatic carbocycles. The number of halogens is 1. The Morgan fingerprint density at radius 3 is 2.20 bits per heavy atom. The monoisotopic (exact) mass is 436 g/mol. The Balaban J connectivity index is 1.87. The average Bonchev–Trinajstić information content (AvgIpc) is 2.74. The van der Waals surface area contributed by atoms with Crippen LogP contribution in [0.2, 0.25) is 5.02 Å². The number of hydrogen-bond donors (Lipinski definition) is 2. The van der Waals surface area contributed by atoms with Gasteiger partial charge in [0.15, 0.2) is 18.1 Å². The van der Waals surface area contributed by atoms with Crippen LogP contribution in [0.1, 0.15) is 10.4 Å². The molecule has 10 heteroatoms. The summed E-state index contributed by atoms with van der Waals surface area (Å²) in [5, 5.41) is 5.40. The minimum atomic E-state index is -0.781. The molecule has 2 amide bonds. The molecule has 0 saturated heterocycles. The molecule has 2 aromatic carbocycles. The van der Waals surface area contributed by atoms with Gasteiger partial charge in [-0.15, -0.1) is 0 Å². The first-order valence-corrected chi connectivity index (χ1v) is 9.05. The van der Waals surface area contributed by atoms with Crippen molar-refractivity contribution in [3.05, 3.63) is 47.0 Å². The predicted molar refractivity (Wildman–Crippen MR) is 109 cm³/mol. The van der Waals surface area contributed by atoms with Gasteiger partial charge in [-0.25, -0.2) is 0 Å². The second kappa shape index (κ2) is 10.9. The summed E-state index contributed by atoms with van der Waals surface area (Å²) in [7, 11) is 4.29. The van der Waals surface area contributed by atoms with Crippen LogP contribution in [-0.4, -0.2) is 52.3 Å². The van der Waals surface area contributed by atoms with Crippen LogP contribution < -0.4 is 24.8 Å². The van der Waals surface area contributed by atoms with Gasteiger partial charge in [0, 0.05) is 16.3 Å². The van der Waals surface area contributed by atoms with Crippen molar-refractivity contribution in [2.24, 2.45) is 0 Å². The van der Waals surface area contributed by atoms with Crippen molar-refractivity contribution >= 4 is 35.1 Å². The summed E-state index contributed by atoms with van der Waals surface area (Å²) in [4.78, 5) is 36.0. The third kappa shape index (κ3) is 6.28. The molecule has 2 N–H and O–H groups in total. The van der Waals surface area contributed by atoms with Crippen LogP contribution in [-0.2, 0) is 14.3 Å². The number of benzene rings is 2. The number of anilines is 1. The fraction of sp³-hybridized carbons (Fsp3) is 0.250. The lowest BCUT2D eigenvalue weighted by Gasteiger charge is -2.14. The van der Waals surface area contributed by atoms with Crippen molar-refractivity contribution in [1.82, 2.24) is 5.32 Å². The molecule has 0 fully saturated rings. The molecule has 0 heterocycles. The molecule has 160 valence electrons. The first kappa shape index (κ1) is 22.8. The molecule has 0 radical (unpaired) electrons. The fourth-order valence-corrected chi connectivity index (χ4v) is 2.62. The second-order valence-electron chi connectivity index (χ2n) is 5.82. The van der Waals surface area contributed by atoms with E-state index in [1.54, 1.807) is 24.3 Å². The zero-order chi connectivity index (χ0) is 22.1. The van der Waals surface area contributed by atoms with Crippen LogP contribution >= 0.6 is 11.6 Å². The number of rotatable bonds is 9. The van der Waals surface area contributed by atoms with Crippen LogP contribution in [0.5, 0.6) is 17.2 Å². The number of ether oxygens (including phenoxy) is 4. The maximum Gasteiger partial charge on any atom is 0.325 e. The Morgan fingerprint density at radius 1 is 0.967 bits per heavy atom. The van der Waals surface area contributed by atoms with Crippen LogP contribution in [0.25, 0.3) is 0 Å². The van der Waals surface area contributed by atoms with E-state index in [4.69, 9.17) is 30.5 Å². The van der Waals surface area contributed by atoms with Crippen LogP contribution in [0.4, 0.5) is 5.69 Å². The number of carbonyl (C=O) groups excluding carboxylic acids is 3. The third-order valence-corrected chi connectivity index (χ3v) is 4.03. The highest BCUT2D eigenvalue weighted by molar-refractivity contribution is 6.30. The van der Waals surface area contributed by atoms with Crippen molar-refractivity contribution in [2.75, 3.05) is 39.8 Å². The number of esters is 1. The Labute approximate surface area is 178 Å². The zero-order valence-corrected chi connectivity index (χ0v) is 17.4. The normalized spacial score (nSPS) is 10.0. The molecular weight excluding hydrogens is 416 g/mol. The number of carbonyl (C=O) groups is 3. The van der Waals surface area contributed by atoms with Gasteiger partial charge in [0.2, 0.25) is 5.75 Å². The van der Waals surface area contributed by atoms with Gasteiger partial charge in [0.05, 0.1) is 21.3 Å². The fourth-order valence-electron chi connectivity index (χ4n) is 2.43. The maximum atomic E-state index is 12.3. The van der Waals surface area contributed by atoms with Gasteiger partial charge in [-0.3, -0.25) is 14.4 Å². The molecule has 9 nitrogen and oxygen atoms in total. The molecule has 2 rings (SSSR count). The van der Waals surface area contributed by atoms with Gasteiger partial charge in [0.1, 0.15) is 6.54 Å². The van der Waals surface area contributed by atoms with E-state index in [0.717, 1.165) is 0 Å². The van der Waals surface area contributed by atoms with Crippen molar-refractivity contribution in [1.29, 1.82) is 0 Å². The molecule has 0 aromatic heterocycles. The van der Waals surface area contributed by atoms with Crippen LogP contribution in [0.15, 0.2) is 36.4 Å². The first-order chi connectivity index (χ1) is 14.4. The lowest BCUT2D eigenvalue weighted by Crippen LogP contribution is -2.32. The largest absolute Gasteiger partial charge is 0.493 e. The highest BCUT2D eigenvalue weighted by atomic mass is 35.5. The summed E-state index contributed by atoms with van der Waals surface area (Å²) in [5.74, 6) is -0.959. The van der Waals surface area contributed by atoms with Gasteiger partial charge in [-0.05, 0) is 30.3 Å². The number of methoxy groups -OCH3 is 3. The van der Waals surface area contributed by atoms with E-state index in [2.05, 4.69) is 10.6 Å². The highest BCUT2D eigenvalue weighted by Gasteiger charge is 2.18. The van der Waals surface area contributed by atoms with Crippen molar-refractivity contribution in [3.63, 3.8) is 0 Å². The second-order valence-corrected chi connectivity index (χ2v) is 6.25. The van der Waals surface area contributed by atoms with E-state index < -0.39 is 30.9 Å². The van der Waals surface area contributed by atoms with E-state index in [0.29, 0.717) is 28.0 Å². The summed E-state index contributed by atoms with van der Waals surface area (Å²) in [6.07, 6.45) is 0. The number of nitrogens with one attached hydrogen (secondary N) is 2. The van der Waals surface area contributed by atoms with E-state index in [-0.39, 0.29) is 5.56 Å². The minimum absolute atomic E-state index is 0.191. The van der Waals surface area contributed by atoms with Crippen molar-refractivity contribution in [2.45, 2.75) is 0 Å². The molecule has 0 bridgehead atoms. The topological polar surface area (TPSA) is 112 Å². The molecule has 0 spiro atoms. The first-order valence-electron chi connectivity index (χ1n) is 8.67. The van der Waals surface area contributed by atoms with E-state index >= 15 is 0 Å². The predicted octanol–water partition coefficient (Wildman–Crippen LogP) is 2.28. The van der Waals surface area contributed by atoms with Gasteiger partial charge in [-0.1, -0.05) is 17.7 Å². The third-order valence-electron chi connectivity index (χ3n) is 3.79. The van der Waals surface area contributed by atoms with Gasteiger partial charge in [-0.2, -0.15) is 0 Å². The molecule has 0 unspecified atom stereocenters. The maximum absolute atomic E-state index is 12.3. The zero-order valence-electron chi connectivity index (χ0n) is 16.6. The minimum Gasteiger partial charge on any atom is -0.493 e. The lowest BCUT2D eigenvalue weighted by atomic mass is 10.1. The summed E-state index contributed by atoms with van der Waals surface area (Å²) in [6.45, 7) is -0.939. The average molecular weight is 437 g/mol. The Bertz CT molecular complexity index is 908. The standard InChI is InChI=1S/C20H21ClN2O7/c1-27-15-7-12(8-16(28-2)19(15)29-3)20(26)22-10-18(25)30-11-17(24)23-14-6-4-5-13(21)9-14/h4-9H,10-11H2,1-3H3,(H,22,26)(H,23,24). The van der Waals surface area contributed by atoms with E-state index in [9.17, 15) is 14.4 Å². The van der Waals surface area contributed by atoms with E-state index in [1.807, 2.05) is 0 Å². The summed E-state index contributed by atoms with van der Waals surface area (Å²) in [5.41, 5.74) is 0.662. The van der Waals surface area contributed by atoms with Gasteiger partial charge < -0.3 is 29.6 Å². The lowest BCUT2D eigenvalue weighted by molar-refractivity contribution is -0.146. The quantitative estimate of drug-likeness (QED) is 0.580. The molecular formula is C20H21ClN2O7. The van der Waals surface area contributed by atoms with E-state index in [1.165, 1.54) is 33.5 Å². The number of hydrogen-bond acceptors (Lipinski definition) is 7. The Hall–Kier alpha value is -3.46. The summed E-state index contributed by atoms with van der Waals surface area (Å²) in [6, 6.07) is 9.42. The molecule has 0 saturated carbocycles. The van der Waals surface area contributed by atoms with Crippen LogP contribution in [0.3, 0.4) is 0 Å². The summed E-state index contributed by atoms with van der Waals surface area (Å²) >= 11 is 5.83. The molecule has 30 heavy (non-hydrogen) atoms. The number of amides is 2. The SMILES string of the molecule is COc1cc(C(=O)NCC(=O)OCC(=O)Nc2cccc(Cl)c2)cc(OC)c1OC. The van der Waals surface area contributed by atoms with Gasteiger partial charge in [0.25, 0.3) is 11.8 Å². The highest BCUT2D eigenvalue weighted by Crippen LogP contribution is 2.38. The van der Waals surface area contributed by atoms with Crippen LogP contribution in [0, 0.1) is 0 Å². The molecule has 0 atom stereocenters. The molecule has 0 aliphatic heterocycles. The smallest absolute Gasteiger partial charge is 0.325 e. The van der Waals surface area contributed by atoms with Crippen molar-refractivity contribution < 1.29 is 33.3 Å². The summed E-state index contributed by atoms with van der Waals surface area (Å²) < 4.78 is 20.4. The molecule has 0 aliphatic rings. The molecule has 2 aromatic rings. The van der Waals surface area contributed by atoms with Crippen molar-refractivity contribution in [3.8, 4) is 17.2 Å². The Morgan fingerprint density at radius 2 is 1.63 bits per heavy atom.